The fourth-order valence-electron chi connectivity index (χ4n) is 3.20. The number of para-hydroxylation sites is 1. The van der Waals surface area contributed by atoms with E-state index in [1.807, 2.05) is 0 Å². The second-order valence-electron chi connectivity index (χ2n) is 5.71. The standard InChI is InChI=1S/C17H11F3N2O2S/c18-17(19,20)10-4-3-5-11(8-10)22-14(23)9-25-16(22)12-6-1-2-7-13(12)21-15(16)24/h1-8H,9H2,(H,21,24). The molecule has 128 valence electrons. The quantitative estimate of drug-likeness (QED) is 0.841. The van der Waals surface area contributed by atoms with Gasteiger partial charge in [0.15, 0.2) is 0 Å². The van der Waals surface area contributed by atoms with Gasteiger partial charge >= 0.3 is 6.18 Å². The Kier molecular flexibility index (Phi) is 3.37. The van der Waals surface area contributed by atoms with E-state index < -0.39 is 28.4 Å². The van der Waals surface area contributed by atoms with E-state index in [2.05, 4.69) is 5.32 Å². The molecule has 2 aliphatic rings. The molecular formula is C17H11F3N2O2S. The highest BCUT2D eigenvalue weighted by molar-refractivity contribution is 8.02. The third-order valence-electron chi connectivity index (χ3n) is 4.25. The van der Waals surface area contributed by atoms with Crippen LogP contribution < -0.4 is 10.2 Å². The molecule has 0 aliphatic carbocycles. The topological polar surface area (TPSA) is 49.4 Å². The van der Waals surface area contributed by atoms with Crippen LogP contribution in [0.25, 0.3) is 0 Å². The molecule has 0 saturated carbocycles. The molecule has 2 aliphatic heterocycles. The number of alkyl halides is 3. The summed E-state index contributed by atoms with van der Waals surface area (Å²) in [5, 5.41) is 2.72. The largest absolute Gasteiger partial charge is 0.416 e. The average molecular weight is 364 g/mol. The number of thioether (sulfide) groups is 1. The molecule has 0 bridgehead atoms. The summed E-state index contributed by atoms with van der Waals surface area (Å²) in [7, 11) is 0. The maximum atomic E-state index is 13.0. The van der Waals surface area contributed by atoms with Gasteiger partial charge in [-0.1, -0.05) is 24.3 Å². The number of amides is 2. The van der Waals surface area contributed by atoms with Crippen molar-refractivity contribution in [1.29, 1.82) is 0 Å². The molecule has 4 rings (SSSR count). The molecule has 8 heteroatoms. The van der Waals surface area contributed by atoms with Gasteiger partial charge in [0.25, 0.3) is 5.91 Å². The predicted molar refractivity (Wildman–Crippen MR) is 88.1 cm³/mol. The Morgan fingerprint density at radius 2 is 1.84 bits per heavy atom. The Bertz CT molecular complexity index is 899. The third kappa shape index (κ3) is 2.24. The maximum absolute atomic E-state index is 13.0. The van der Waals surface area contributed by atoms with E-state index in [1.165, 1.54) is 17.0 Å². The lowest BCUT2D eigenvalue weighted by molar-refractivity contribution is -0.137. The molecule has 1 N–H and O–H groups in total. The Morgan fingerprint density at radius 1 is 1.08 bits per heavy atom. The van der Waals surface area contributed by atoms with E-state index in [1.54, 1.807) is 24.3 Å². The minimum atomic E-state index is -4.53. The van der Waals surface area contributed by atoms with Gasteiger partial charge in [0.05, 0.1) is 11.3 Å². The van der Waals surface area contributed by atoms with Gasteiger partial charge in [0, 0.05) is 16.9 Å². The summed E-state index contributed by atoms with van der Waals surface area (Å²) in [4.78, 5) is 25.0. The van der Waals surface area contributed by atoms with Crippen LogP contribution in [0, 0.1) is 0 Å². The highest BCUT2D eigenvalue weighted by Gasteiger charge is 2.58. The Balaban J connectivity index is 1.89. The van der Waals surface area contributed by atoms with Crippen molar-refractivity contribution in [3.8, 4) is 0 Å². The van der Waals surface area contributed by atoms with Gasteiger partial charge in [-0.05, 0) is 24.3 Å². The first-order valence-corrected chi connectivity index (χ1v) is 8.38. The number of rotatable bonds is 1. The van der Waals surface area contributed by atoms with Crippen LogP contribution in [0.4, 0.5) is 24.5 Å². The normalized spacial score (nSPS) is 22.4. The first-order valence-electron chi connectivity index (χ1n) is 7.39. The van der Waals surface area contributed by atoms with Gasteiger partial charge in [-0.25, -0.2) is 0 Å². The van der Waals surface area contributed by atoms with Crippen LogP contribution in [-0.4, -0.2) is 17.6 Å². The van der Waals surface area contributed by atoms with Crippen molar-refractivity contribution in [2.45, 2.75) is 11.0 Å². The number of nitrogens with zero attached hydrogens (tertiary/aromatic N) is 1. The molecule has 2 aromatic rings. The number of anilines is 2. The summed E-state index contributed by atoms with van der Waals surface area (Å²) in [6.45, 7) is 0. The zero-order valence-corrected chi connectivity index (χ0v) is 13.4. The minimum absolute atomic E-state index is 0.0119. The van der Waals surface area contributed by atoms with Crippen LogP contribution in [-0.2, 0) is 20.6 Å². The molecule has 1 atom stereocenters. The lowest BCUT2D eigenvalue weighted by atomic mass is 10.0. The second-order valence-corrected chi connectivity index (χ2v) is 6.88. The summed E-state index contributed by atoms with van der Waals surface area (Å²) in [6.07, 6.45) is -4.53. The monoisotopic (exact) mass is 364 g/mol. The number of carbonyl (C=O) groups excluding carboxylic acids is 2. The van der Waals surface area contributed by atoms with Gasteiger partial charge in [-0.15, -0.1) is 11.8 Å². The van der Waals surface area contributed by atoms with E-state index in [9.17, 15) is 22.8 Å². The Labute approximate surface area is 145 Å². The van der Waals surface area contributed by atoms with E-state index in [0.717, 1.165) is 23.9 Å². The van der Waals surface area contributed by atoms with Crippen molar-refractivity contribution in [2.75, 3.05) is 16.0 Å². The number of benzene rings is 2. The van der Waals surface area contributed by atoms with Crippen molar-refractivity contribution < 1.29 is 22.8 Å². The molecule has 1 unspecified atom stereocenters. The van der Waals surface area contributed by atoms with Gasteiger partial charge in [0.2, 0.25) is 10.8 Å². The summed E-state index contributed by atoms with van der Waals surface area (Å²) >= 11 is 1.11. The third-order valence-corrected chi connectivity index (χ3v) is 5.65. The van der Waals surface area contributed by atoms with Crippen molar-refractivity contribution in [3.05, 3.63) is 59.7 Å². The fourth-order valence-corrected chi connectivity index (χ4v) is 4.51. The zero-order chi connectivity index (χ0) is 17.8. The van der Waals surface area contributed by atoms with Gasteiger partial charge in [-0.3, -0.25) is 14.5 Å². The molecule has 2 aromatic carbocycles. The van der Waals surface area contributed by atoms with Crippen LogP contribution in [0.1, 0.15) is 11.1 Å². The van der Waals surface area contributed by atoms with E-state index in [-0.39, 0.29) is 11.4 Å². The van der Waals surface area contributed by atoms with Crippen molar-refractivity contribution in [1.82, 2.24) is 0 Å². The van der Waals surface area contributed by atoms with Gasteiger partial charge in [0.1, 0.15) is 0 Å². The smallest absolute Gasteiger partial charge is 0.323 e. The molecule has 4 nitrogen and oxygen atoms in total. The zero-order valence-electron chi connectivity index (χ0n) is 12.6. The van der Waals surface area contributed by atoms with Crippen molar-refractivity contribution >= 4 is 35.0 Å². The first kappa shape index (κ1) is 16.0. The van der Waals surface area contributed by atoms with Crippen molar-refractivity contribution in [3.63, 3.8) is 0 Å². The lowest BCUT2D eigenvalue weighted by Gasteiger charge is -2.32. The van der Waals surface area contributed by atoms with Crippen LogP contribution in [0.5, 0.6) is 0 Å². The van der Waals surface area contributed by atoms with E-state index >= 15 is 0 Å². The molecule has 2 heterocycles. The molecule has 2 amide bonds. The molecule has 1 spiro atoms. The minimum Gasteiger partial charge on any atom is -0.323 e. The summed E-state index contributed by atoms with van der Waals surface area (Å²) in [5.74, 6) is -0.823. The Morgan fingerprint density at radius 3 is 2.60 bits per heavy atom. The summed E-state index contributed by atoms with van der Waals surface area (Å²) in [5.41, 5.74) is 0.327. The highest BCUT2D eigenvalue weighted by Crippen LogP contribution is 2.53. The van der Waals surface area contributed by atoms with Crippen LogP contribution in [0.15, 0.2) is 48.5 Å². The predicted octanol–water partition coefficient (Wildman–Crippen LogP) is 3.59. The van der Waals surface area contributed by atoms with Crippen LogP contribution >= 0.6 is 11.8 Å². The van der Waals surface area contributed by atoms with E-state index in [0.29, 0.717) is 11.3 Å². The SMILES string of the molecule is O=C1CSC2(C(=O)Nc3ccccc32)N1c1cccc(C(F)(F)F)c1. The number of halogens is 3. The van der Waals surface area contributed by atoms with Crippen LogP contribution in [0.3, 0.4) is 0 Å². The first-order chi connectivity index (χ1) is 11.8. The average Bonchev–Trinajstić information content (AvgIpc) is 3.06. The number of nitrogens with one attached hydrogen (secondary N) is 1. The van der Waals surface area contributed by atoms with Crippen molar-refractivity contribution in [2.24, 2.45) is 0 Å². The second kappa shape index (κ2) is 5.26. The number of carbonyl (C=O) groups is 2. The molecule has 0 aromatic heterocycles. The fraction of sp³-hybridized carbons (Fsp3) is 0.176. The molecule has 0 radical (unpaired) electrons. The number of hydrogen-bond donors (Lipinski definition) is 1. The van der Waals surface area contributed by atoms with Crippen LogP contribution in [0.2, 0.25) is 0 Å². The molecule has 1 saturated heterocycles. The van der Waals surface area contributed by atoms with Gasteiger partial charge < -0.3 is 5.32 Å². The molecule has 1 fully saturated rings. The van der Waals surface area contributed by atoms with E-state index in [4.69, 9.17) is 0 Å². The van der Waals surface area contributed by atoms with Gasteiger partial charge in [-0.2, -0.15) is 13.2 Å². The molecule has 25 heavy (non-hydrogen) atoms. The highest BCUT2D eigenvalue weighted by atomic mass is 32.2. The lowest BCUT2D eigenvalue weighted by Crippen LogP contribution is -2.47. The number of hydrogen-bond acceptors (Lipinski definition) is 3. The Hall–Kier alpha value is -2.48. The summed E-state index contributed by atoms with van der Waals surface area (Å²) in [6, 6.07) is 11.4. The maximum Gasteiger partial charge on any atom is 0.416 e. The molecular weight excluding hydrogens is 353 g/mol. The summed E-state index contributed by atoms with van der Waals surface area (Å²) < 4.78 is 39.1. The number of fused-ring (bicyclic) bond motifs is 2.